The van der Waals surface area contributed by atoms with Gasteiger partial charge in [0.25, 0.3) is 0 Å². The molecule has 0 N–H and O–H groups in total. The molecule has 286 valence electrons. The first-order chi connectivity index (χ1) is 30.8. The Morgan fingerprint density at radius 1 is 0.161 bits per heavy atom. The van der Waals surface area contributed by atoms with Crippen LogP contribution in [0.25, 0.3) is 131 Å². The minimum Gasteiger partial charge on any atom is -0.0622 e. The number of benzene rings is 13. The molecule has 0 amide bonds. The van der Waals surface area contributed by atoms with E-state index in [4.69, 9.17) is 0 Å². The molecule has 0 nitrogen and oxygen atoms in total. The standard InChI is InChI=1S/C62H38/c1-3-17-39(18-4-1)43-29-15-31-55-60(42-34-36-54-50-26-10-8-22-46(50)48-24-12-14-28-52(48)58(54)38-42)62-44(40-19-5-2-6-20-40)30-16-32-56(62)59(61(43)55)41-33-35-53-49-25-9-7-21-45(49)47-23-11-13-27-51(47)57(53)37-41/h1-38H. The molecule has 0 spiro atoms. The summed E-state index contributed by atoms with van der Waals surface area (Å²) in [6.45, 7) is 0. The Bertz CT molecular complexity index is 3620. The topological polar surface area (TPSA) is 0 Å². The van der Waals surface area contributed by atoms with Gasteiger partial charge in [0.15, 0.2) is 0 Å². The quantitative estimate of drug-likeness (QED) is 0.123. The zero-order valence-corrected chi connectivity index (χ0v) is 33.9. The molecule has 13 aromatic carbocycles. The molecule has 13 rings (SSSR count). The number of hydrogen-bond acceptors (Lipinski definition) is 0. The summed E-state index contributed by atoms with van der Waals surface area (Å²) in [7, 11) is 0. The van der Waals surface area contributed by atoms with Gasteiger partial charge in [0, 0.05) is 0 Å². The van der Waals surface area contributed by atoms with Crippen molar-refractivity contribution in [1.29, 1.82) is 0 Å². The third-order valence-electron chi connectivity index (χ3n) is 13.4. The van der Waals surface area contributed by atoms with E-state index in [0.717, 1.165) is 0 Å². The van der Waals surface area contributed by atoms with E-state index in [1.807, 2.05) is 0 Å². The highest BCUT2D eigenvalue weighted by Crippen LogP contribution is 2.51. The lowest BCUT2D eigenvalue weighted by Crippen LogP contribution is -1.96. The third-order valence-corrected chi connectivity index (χ3v) is 13.4. The van der Waals surface area contributed by atoms with Crippen LogP contribution in [0.1, 0.15) is 0 Å². The summed E-state index contributed by atoms with van der Waals surface area (Å²) >= 11 is 0. The van der Waals surface area contributed by atoms with Gasteiger partial charge in [-0.05, 0) is 143 Å². The van der Waals surface area contributed by atoms with Crippen LogP contribution in [0, 0.1) is 0 Å². The molecule has 0 atom stereocenters. The largest absolute Gasteiger partial charge is 0.0622 e. The van der Waals surface area contributed by atoms with Crippen molar-refractivity contribution in [3.8, 4) is 44.5 Å². The van der Waals surface area contributed by atoms with Crippen LogP contribution in [0.3, 0.4) is 0 Å². The molecule has 0 saturated heterocycles. The maximum Gasteiger partial charge on any atom is -0.00141 e. The molecular weight excluding hydrogens is 745 g/mol. The van der Waals surface area contributed by atoms with Crippen molar-refractivity contribution >= 4 is 86.2 Å². The highest BCUT2D eigenvalue weighted by molar-refractivity contribution is 6.31. The maximum atomic E-state index is 2.47. The summed E-state index contributed by atoms with van der Waals surface area (Å²) < 4.78 is 0. The van der Waals surface area contributed by atoms with Gasteiger partial charge in [0.2, 0.25) is 0 Å². The molecule has 0 aliphatic carbocycles. The minimum atomic E-state index is 1.21. The van der Waals surface area contributed by atoms with Gasteiger partial charge in [-0.3, -0.25) is 0 Å². The monoisotopic (exact) mass is 782 g/mol. The van der Waals surface area contributed by atoms with Crippen molar-refractivity contribution in [2.75, 3.05) is 0 Å². The van der Waals surface area contributed by atoms with Gasteiger partial charge in [0.1, 0.15) is 0 Å². The van der Waals surface area contributed by atoms with Crippen LogP contribution < -0.4 is 0 Å². The van der Waals surface area contributed by atoms with E-state index in [1.165, 1.54) is 131 Å². The predicted molar refractivity (Wildman–Crippen MR) is 268 cm³/mol. The van der Waals surface area contributed by atoms with Crippen LogP contribution in [-0.2, 0) is 0 Å². The Labute approximate surface area is 359 Å². The van der Waals surface area contributed by atoms with Crippen molar-refractivity contribution in [3.63, 3.8) is 0 Å². The Morgan fingerprint density at radius 2 is 0.435 bits per heavy atom. The summed E-state index contributed by atoms with van der Waals surface area (Å²) in [5.41, 5.74) is 9.81. The summed E-state index contributed by atoms with van der Waals surface area (Å²) in [4.78, 5) is 0. The fourth-order valence-corrected chi connectivity index (χ4v) is 10.8. The number of hydrogen-bond donors (Lipinski definition) is 0. The normalized spacial score (nSPS) is 11.9. The Balaban J connectivity index is 1.23. The van der Waals surface area contributed by atoms with Crippen molar-refractivity contribution < 1.29 is 0 Å². The molecule has 0 bridgehead atoms. The van der Waals surface area contributed by atoms with Crippen molar-refractivity contribution in [2.24, 2.45) is 0 Å². The molecule has 62 heavy (non-hydrogen) atoms. The summed E-state index contributed by atoms with van der Waals surface area (Å²) in [5.74, 6) is 0. The van der Waals surface area contributed by atoms with E-state index in [-0.39, 0.29) is 0 Å². The van der Waals surface area contributed by atoms with Crippen LogP contribution in [-0.4, -0.2) is 0 Å². The van der Waals surface area contributed by atoms with E-state index in [9.17, 15) is 0 Å². The zero-order chi connectivity index (χ0) is 40.7. The van der Waals surface area contributed by atoms with E-state index in [1.54, 1.807) is 0 Å². The second-order valence-corrected chi connectivity index (χ2v) is 16.6. The summed E-state index contributed by atoms with van der Waals surface area (Å²) in [6, 6.07) is 85.8. The van der Waals surface area contributed by atoms with Gasteiger partial charge < -0.3 is 0 Å². The maximum absolute atomic E-state index is 2.47. The van der Waals surface area contributed by atoms with Gasteiger partial charge in [-0.1, -0.05) is 218 Å². The van der Waals surface area contributed by atoms with E-state index >= 15 is 0 Å². The van der Waals surface area contributed by atoms with Gasteiger partial charge in [-0.15, -0.1) is 0 Å². The molecule has 0 fully saturated rings. The Morgan fingerprint density at radius 3 is 0.774 bits per heavy atom. The first-order valence-corrected chi connectivity index (χ1v) is 21.6. The molecule has 0 radical (unpaired) electrons. The zero-order valence-electron chi connectivity index (χ0n) is 33.9. The van der Waals surface area contributed by atoms with Crippen LogP contribution in [0.5, 0.6) is 0 Å². The lowest BCUT2D eigenvalue weighted by molar-refractivity contribution is 1.63. The van der Waals surface area contributed by atoms with Gasteiger partial charge in [0.05, 0.1) is 0 Å². The van der Waals surface area contributed by atoms with E-state index in [2.05, 4.69) is 231 Å². The highest BCUT2D eigenvalue weighted by Gasteiger charge is 2.23. The Kier molecular flexibility index (Phi) is 7.71. The first kappa shape index (κ1) is 34.8. The average molecular weight is 783 g/mol. The van der Waals surface area contributed by atoms with Gasteiger partial charge >= 0.3 is 0 Å². The predicted octanol–water partition coefficient (Wildman–Crippen LogP) is 17.6. The average Bonchev–Trinajstić information content (AvgIpc) is 3.35. The fourth-order valence-electron chi connectivity index (χ4n) is 10.8. The second kappa shape index (κ2) is 13.7. The van der Waals surface area contributed by atoms with Crippen LogP contribution >= 0.6 is 0 Å². The minimum absolute atomic E-state index is 1.21. The van der Waals surface area contributed by atoms with E-state index in [0.29, 0.717) is 0 Å². The summed E-state index contributed by atoms with van der Waals surface area (Å²) in [6.07, 6.45) is 0. The van der Waals surface area contributed by atoms with Crippen molar-refractivity contribution in [1.82, 2.24) is 0 Å². The lowest BCUT2D eigenvalue weighted by Gasteiger charge is -2.23. The van der Waals surface area contributed by atoms with Crippen LogP contribution in [0.15, 0.2) is 231 Å². The molecule has 0 aliphatic rings. The second-order valence-electron chi connectivity index (χ2n) is 16.6. The van der Waals surface area contributed by atoms with Gasteiger partial charge in [-0.2, -0.15) is 0 Å². The van der Waals surface area contributed by atoms with Gasteiger partial charge in [-0.25, -0.2) is 0 Å². The van der Waals surface area contributed by atoms with E-state index < -0.39 is 0 Å². The number of fused-ring (bicyclic) bond motifs is 14. The Hall–Kier alpha value is -8.06. The molecular formula is C62H38. The smallest absolute Gasteiger partial charge is 0.00141 e. The van der Waals surface area contributed by atoms with Crippen molar-refractivity contribution in [2.45, 2.75) is 0 Å². The lowest BCUT2D eigenvalue weighted by atomic mass is 9.80. The molecule has 13 aromatic rings. The fraction of sp³-hybridized carbons (Fsp3) is 0. The molecule has 0 aromatic heterocycles. The molecule has 0 unspecified atom stereocenters. The molecule has 0 aliphatic heterocycles. The number of rotatable bonds is 4. The van der Waals surface area contributed by atoms with Crippen molar-refractivity contribution in [3.05, 3.63) is 231 Å². The molecule has 0 heterocycles. The third kappa shape index (κ3) is 5.14. The molecule has 0 heteroatoms. The van der Waals surface area contributed by atoms with Crippen LogP contribution in [0.4, 0.5) is 0 Å². The summed E-state index contributed by atoms with van der Waals surface area (Å²) in [5, 5.41) is 20.4. The van der Waals surface area contributed by atoms with Crippen LogP contribution in [0.2, 0.25) is 0 Å². The SMILES string of the molecule is c1ccc(-c2cccc3c(-c4ccc5c6ccccc6c6ccccc6c5c4)c4c(-c5ccccc5)cccc4c(-c4ccc5c6ccccc6c6ccccc6c5c4)c23)cc1. The molecule has 0 saturated carbocycles. The first-order valence-electron chi connectivity index (χ1n) is 21.6. The highest BCUT2D eigenvalue weighted by atomic mass is 14.3.